The first-order valence-corrected chi connectivity index (χ1v) is 9.09. The number of aromatic nitrogens is 5. The summed E-state index contributed by atoms with van der Waals surface area (Å²) in [5.41, 5.74) is 3.04. The van der Waals surface area contributed by atoms with Crippen LogP contribution in [0, 0.1) is 6.92 Å². The Balaban J connectivity index is 1.41. The van der Waals surface area contributed by atoms with Crippen LogP contribution >= 0.6 is 0 Å². The Hall–Kier alpha value is -3.16. The van der Waals surface area contributed by atoms with E-state index in [4.69, 9.17) is 0 Å². The van der Waals surface area contributed by atoms with E-state index >= 15 is 0 Å². The van der Waals surface area contributed by atoms with Crippen molar-refractivity contribution in [1.82, 2.24) is 29.9 Å². The van der Waals surface area contributed by atoms with Gasteiger partial charge in [-0.15, -0.1) is 0 Å². The van der Waals surface area contributed by atoms with Crippen LogP contribution in [0.15, 0.2) is 41.3 Å². The third-order valence-electron chi connectivity index (χ3n) is 4.97. The van der Waals surface area contributed by atoms with Gasteiger partial charge < -0.3 is 5.32 Å². The maximum absolute atomic E-state index is 12.6. The Morgan fingerprint density at radius 2 is 2.15 bits per heavy atom. The summed E-state index contributed by atoms with van der Waals surface area (Å²) in [4.78, 5) is 25.0. The predicted octanol–water partition coefficient (Wildman–Crippen LogP) is 0.798. The highest BCUT2D eigenvalue weighted by Gasteiger charge is 2.22. The number of hydrogen-bond acceptors (Lipinski definition) is 4. The molecule has 2 N–H and O–H groups in total. The molecule has 0 bridgehead atoms. The first-order chi connectivity index (χ1) is 13.1. The molecule has 1 amide bonds. The molecule has 8 heteroatoms. The lowest BCUT2D eigenvalue weighted by molar-refractivity contribution is -0.122. The predicted molar refractivity (Wildman–Crippen MR) is 99.3 cm³/mol. The van der Waals surface area contributed by atoms with E-state index in [1.54, 1.807) is 11.5 Å². The fourth-order valence-corrected chi connectivity index (χ4v) is 3.55. The number of aromatic amines is 1. The number of H-pyrrole nitrogens is 1. The third-order valence-corrected chi connectivity index (χ3v) is 4.97. The molecule has 0 unspecified atom stereocenters. The van der Waals surface area contributed by atoms with Crippen LogP contribution in [0.4, 0.5) is 0 Å². The van der Waals surface area contributed by atoms with Gasteiger partial charge in [-0.1, -0.05) is 30.3 Å². The number of benzene rings is 1. The molecule has 0 saturated carbocycles. The lowest BCUT2D eigenvalue weighted by Crippen LogP contribution is -2.42. The smallest absolute Gasteiger partial charge is 0.346 e. The molecule has 1 aromatic carbocycles. The van der Waals surface area contributed by atoms with Crippen molar-refractivity contribution in [3.8, 4) is 0 Å². The normalized spacial score (nSPS) is 16.1. The van der Waals surface area contributed by atoms with Crippen molar-refractivity contribution < 1.29 is 4.79 Å². The second kappa shape index (κ2) is 7.22. The van der Waals surface area contributed by atoms with Crippen LogP contribution in [0.3, 0.4) is 0 Å². The van der Waals surface area contributed by atoms with Crippen LogP contribution in [0.25, 0.3) is 0 Å². The Bertz CT molecular complexity index is 1000. The van der Waals surface area contributed by atoms with E-state index in [1.807, 2.05) is 36.5 Å². The summed E-state index contributed by atoms with van der Waals surface area (Å²) in [6.45, 7) is 2.15. The quantitative estimate of drug-likeness (QED) is 0.698. The summed E-state index contributed by atoms with van der Waals surface area (Å²) in [6.07, 6.45) is 4.29. The van der Waals surface area contributed by atoms with E-state index in [2.05, 4.69) is 20.6 Å². The molecule has 1 aliphatic carbocycles. The Kier molecular flexibility index (Phi) is 4.62. The molecule has 4 rings (SSSR count). The lowest BCUT2D eigenvalue weighted by atomic mass is 9.93. The molecule has 27 heavy (non-hydrogen) atoms. The molecule has 8 nitrogen and oxygen atoms in total. The molecular weight excluding hydrogens is 344 g/mol. The Labute approximate surface area is 156 Å². The summed E-state index contributed by atoms with van der Waals surface area (Å²) in [7, 11) is 0. The van der Waals surface area contributed by atoms with Gasteiger partial charge in [-0.05, 0) is 37.3 Å². The van der Waals surface area contributed by atoms with E-state index in [9.17, 15) is 9.59 Å². The summed E-state index contributed by atoms with van der Waals surface area (Å²) < 4.78 is 2.82. The highest BCUT2D eigenvalue weighted by atomic mass is 16.2. The molecule has 0 aliphatic heterocycles. The molecule has 1 atom stereocenters. The van der Waals surface area contributed by atoms with E-state index < -0.39 is 0 Å². The fourth-order valence-electron chi connectivity index (χ4n) is 3.55. The van der Waals surface area contributed by atoms with Crippen LogP contribution in [-0.2, 0) is 30.7 Å². The second-order valence-electron chi connectivity index (χ2n) is 6.94. The summed E-state index contributed by atoms with van der Waals surface area (Å²) in [5.74, 6) is 0.399. The van der Waals surface area contributed by atoms with E-state index in [1.165, 1.54) is 4.68 Å². The molecule has 140 valence electrons. The van der Waals surface area contributed by atoms with Gasteiger partial charge in [-0.3, -0.25) is 14.5 Å². The average molecular weight is 366 g/mol. The van der Waals surface area contributed by atoms with Gasteiger partial charge in [0.25, 0.3) is 0 Å². The van der Waals surface area contributed by atoms with E-state index in [-0.39, 0.29) is 24.2 Å². The van der Waals surface area contributed by atoms with Gasteiger partial charge in [0, 0.05) is 11.7 Å². The van der Waals surface area contributed by atoms with Gasteiger partial charge in [-0.2, -0.15) is 10.2 Å². The zero-order valence-electron chi connectivity index (χ0n) is 15.2. The second-order valence-corrected chi connectivity index (χ2v) is 6.94. The Morgan fingerprint density at radius 3 is 2.96 bits per heavy atom. The number of fused-ring (bicyclic) bond motifs is 1. The van der Waals surface area contributed by atoms with Crippen molar-refractivity contribution in [3.05, 3.63) is 69.7 Å². The van der Waals surface area contributed by atoms with Gasteiger partial charge in [0.05, 0.1) is 12.7 Å². The van der Waals surface area contributed by atoms with Gasteiger partial charge in [0.2, 0.25) is 5.91 Å². The minimum Gasteiger partial charge on any atom is -0.351 e. The largest absolute Gasteiger partial charge is 0.351 e. The number of carbonyl (C=O) groups excluding carboxylic acids is 1. The van der Waals surface area contributed by atoms with Crippen LogP contribution < -0.4 is 11.0 Å². The summed E-state index contributed by atoms with van der Waals surface area (Å²) in [6, 6.07) is 9.79. The molecule has 2 aromatic heterocycles. The monoisotopic (exact) mass is 366 g/mol. The van der Waals surface area contributed by atoms with Crippen molar-refractivity contribution in [3.63, 3.8) is 0 Å². The molecule has 2 heterocycles. The van der Waals surface area contributed by atoms with Crippen molar-refractivity contribution in [2.24, 2.45) is 0 Å². The summed E-state index contributed by atoms with van der Waals surface area (Å²) >= 11 is 0. The number of nitrogens with zero attached hydrogens (tertiary/aromatic N) is 4. The average Bonchev–Trinajstić information content (AvgIpc) is 3.22. The molecule has 3 aromatic rings. The molecule has 0 fully saturated rings. The standard InChI is InChI=1S/C19H22N6O2/c1-13-23-25(19(27)24(13)11-14-5-3-2-4-6-14)12-18(26)21-16-7-8-17-15(9-16)10-20-22-17/h2-6,10,16H,7-9,11-12H2,1H3,(H,20,22)(H,21,26)/t16-/m1/s1. The van der Waals surface area contributed by atoms with E-state index in [0.717, 1.165) is 36.1 Å². The number of aryl methyl sites for hydroxylation is 2. The zero-order chi connectivity index (χ0) is 18.8. The summed E-state index contributed by atoms with van der Waals surface area (Å²) in [5, 5.41) is 14.3. The van der Waals surface area contributed by atoms with Crippen molar-refractivity contribution in [2.45, 2.75) is 45.3 Å². The number of amides is 1. The van der Waals surface area contributed by atoms with Crippen LogP contribution in [0.1, 0.15) is 29.1 Å². The fraction of sp³-hybridized carbons (Fsp3) is 0.368. The lowest BCUT2D eigenvalue weighted by Gasteiger charge is -2.22. The zero-order valence-corrected chi connectivity index (χ0v) is 15.2. The van der Waals surface area contributed by atoms with Crippen LogP contribution in [-0.4, -0.2) is 36.5 Å². The minimum absolute atomic E-state index is 0.0609. The number of rotatable bonds is 5. The topological polar surface area (TPSA) is 97.6 Å². The highest BCUT2D eigenvalue weighted by molar-refractivity contribution is 5.76. The van der Waals surface area contributed by atoms with Crippen molar-refractivity contribution in [2.75, 3.05) is 0 Å². The maximum Gasteiger partial charge on any atom is 0.346 e. The third kappa shape index (κ3) is 3.69. The number of carbonyl (C=O) groups is 1. The van der Waals surface area contributed by atoms with Crippen molar-refractivity contribution in [1.29, 1.82) is 0 Å². The van der Waals surface area contributed by atoms with Gasteiger partial charge in [-0.25, -0.2) is 9.48 Å². The highest BCUT2D eigenvalue weighted by Crippen LogP contribution is 2.18. The molecule has 0 saturated heterocycles. The number of hydrogen-bond donors (Lipinski definition) is 2. The molecule has 0 radical (unpaired) electrons. The first kappa shape index (κ1) is 17.3. The SMILES string of the molecule is Cc1nn(CC(=O)N[C@@H]2CCc3[nH]ncc3C2)c(=O)n1Cc1ccccc1. The van der Waals surface area contributed by atoms with Crippen LogP contribution in [0.5, 0.6) is 0 Å². The van der Waals surface area contributed by atoms with Gasteiger partial charge in [0.1, 0.15) is 12.4 Å². The van der Waals surface area contributed by atoms with Gasteiger partial charge in [0.15, 0.2) is 0 Å². The van der Waals surface area contributed by atoms with Crippen molar-refractivity contribution >= 4 is 5.91 Å². The molecule has 0 spiro atoms. The molecule has 1 aliphatic rings. The minimum atomic E-state index is -0.271. The first-order valence-electron chi connectivity index (χ1n) is 9.09. The van der Waals surface area contributed by atoms with Gasteiger partial charge >= 0.3 is 5.69 Å². The molecular formula is C19H22N6O2. The number of nitrogens with one attached hydrogen (secondary N) is 2. The van der Waals surface area contributed by atoms with E-state index in [0.29, 0.717) is 12.4 Å². The maximum atomic E-state index is 12.6. The Morgan fingerprint density at radius 1 is 1.33 bits per heavy atom. The van der Waals surface area contributed by atoms with Crippen LogP contribution in [0.2, 0.25) is 0 Å².